The van der Waals surface area contributed by atoms with Gasteiger partial charge in [0.25, 0.3) is 5.91 Å². The topological polar surface area (TPSA) is 118 Å². The molecule has 0 radical (unpaired) electrons. The number of carbonyl (C=O) groups is 3. The van der Waals surface area contributed by atoms with Crippen molar-refractivity contribution in [2.24, 2.45) is 29.6 Å². The highest BCUT2D eigenvalue weighted by atomic mass is 32.2. The number of thiazole rings is 1. The maximum Gasteiger partial charge on any atom is 0.305 e. The normalized spacial score (nSPS) is 27.3. The third-order valence-electron chi connectivity index (χ3n) is 10.00. The molecule has 4 aromatic rings. The van der Waals surface area contributed by atoms with Crippen LogP contribution in [-0.4, -0.2) is 41.7 Å². The Morgan fingerprint density at radius 2 is 1.59 bits per heavy atom. The predicted octanol–water partition coefficient (Wildman–Crippen LogP) is 5.45. The van der Waals surface area contributed by atoms with Gasteiger partial charge in [-0.2, -0.15) is 0 Å². The summed E-state index contributed by atoms with van der Waals surface area (Å²) in [5.41, 5.74) is 3.42. The fraction of sp³-hybridized carbons (Fsp3) is 0.314. The molecule has 8 rings (SSSR count). The summed E-state index contributed by atoms with van der Waals surface area (Å²) in [6, 6.07) is 22.3. The monoisotopic (exact) mass is 653 g/mol. The number of aromatic amines is 1. The Morgan fingerprint density at radius 1 is 0.913 bits per heavy atom. The van der Waals surface area contributed by atoms with E-state index in [0.717, 1.165) is 27.5 Å². The number of methoxy groups -OCH3 is 1. The van der Waals surface area contributed by atoms with Crippen LogP contribution in [0.5, 0.6) is 11.5 Å². The number of carbonyl (C=O) groups excluding carboxylic acids is 3. The van der Waals surface area contributed by atoms with Crippen molar-refractivity contribution in [3.63, 3.8) is 0 Å². The van der Waals surface area contributed by atoms with Gasteiger partial charge >= 0.3 is 4.87 Å². The van der Waals surface area contributed by atoms with Gasteiger partial charge in [0.2, 0.25) is 11.8 Å². The molecular weight excluding hydrogens is 623 g/mol. The molecule has 3 aromatic carbocycles. The first-order valence-corrected chi connectivity index (χ1v) is 17.0. The molecule has 4 aliphatic rings. The lowest BCUT2D eigenvalue weighted by Gasteiger charge is -2.43. The summed E-state index contributed by atoms with van der Waals surface area (Å²) in [6.45, 7) is 1.86. The Labute approximate surface area is 273 Å². The van der Waals surface area contributed by atoms with Crippen molar-refractivity contribution in [2.45, 2.75) is 29.5 Å². The second-order valence-corrected chi connectivity index (χ2v) is 14.6. The zero-order valence-corrected chi connectivity index (χ0v) is 26.7. The van der Waals surface area contributed by atoms with E-state index < -0.39 is 0 Å². The molecule has 3 heterocycles. The van der Waals surface area contributed by atoms with Gasteiger partial charge in [0.15, 0.2) is 6.61 Å². The van der Waals surface area contributed by atoms with Gasteiger partial charge in [-0.1, -0.05) is 41.2 Å². The van der Waals surface area contributed by atoms with Gasteiger partial charge in [-0.05, 0) is 85.2 Å². The lowest BCUT2D eigenvalue weighted by atomic mass is 9.68. The van der Waals surface area contributed by atoms with E-state index in [1.165, 1.54) is 16.2 Å². The van der Waals surface area contributed by atoms with Crippen LogP contribution < -0.4 is 24.6 Å². The van der Waals surface area contributed by atoms with E-state index in [9.17, 15) is 19.2 Å². The van der Waals surface area contributed by atoms with Crippen molar-refractivity contribution in [1.82, 2.24) is 4.98 Å². The molecular formula is C35H31N3O6S2. The molecule has 2 bridgehead atoms. The van der Waals surface area contributed by atoms with Crippen molar-refractivity contribution in [2.75, 3.05) is 23.9 Å². The second kappa shape index (κ2) is 11.2. The molecule has 2 saturated carbocycles. The molecule has 2 aliphatic carbocycles. The maximum absolute atomic E-state index is 14.0. The number of thioether (sulfide) groups is 1. The van der Waals surface area contributed by atoms with Crippen LogP contribution in [0, 0.1) is 36.5 Å². The molecule has 2 aliphatic heterocycles. The number of fused-ring (bicyclic) bond motifs is 9. The minimum atomic E-state index is -0.379. The van der Waals surface area contributed by atoms with Crippen LogP contribution in [0.15, 0.2) is 82.6 Å². The predicted molar refractivity (Wildman–Crippen MR) is 176 cm³/mol. The Morgan fingerprint density at radius 3 is 2.28 bits per heavy atom. The fourth-order valence-corrected chi connectivity index (χ4v) is 11.0. The summed E-state index contributed by atoms with van der Waals surface area (Å²) in [5, 5.41) is 3.80. The number of imide groups is 1. The van der Waals surface area contributed by atoms with E-state index in [0.29, 0.717) is 22.9 Å². The first kappa shape index (κ1) is 29.1. The molecule has 234 valence electrons. The smallest absolute Gasteiger partial charge is 0.305 e. The van der Waals surface area contributed by atoms with Gasteiger partial charge in [0, 0.05) is 21.7 Å². The Hall–Kier alpha value is -4.35. The molecule has 11 heteroatoms. The average molecular weight is 654 g/mol. The van der Waals surface area contributed by atoms with Crippen LogP contribution in [0.3, 0.4) is 0 Å². The molecule has 3 amide bonds. The SMILES string of the molecule is COc1ccc(N2C(=O)C3C4CC(C3C2=O)C2C4Sc3[nH]c(=O)sc3[C@@H]2c2ccc(OCC(=O)Nc3ccc(C)cc3)cc2)cc1. The van der Waals surface area contributed by atoms with Crippen LogP contribution in [0.4, 0.5) is 11.4 Å². The molecule has 6 unspecified atom stereocenters. The molecule has 1 aromatic heterocycles. The maximum atomic E-state index is 14.0. The van der Waals surface area contributed by atoms with Crippen molar-refractivity contribution >= 4 is 52.2 Å². The van der Waals surface area contributed by atoms with E-state index in [1.807, 2.05) is 55.5 Å². The Bertz CT molecular complexity index is 1900. The fourth-order valence-electron chi connectivity index (χ4n) is 8.13. The second-order valence-electron chi connectivity index (χ2n) is 12.4. The van der Waals surface area contributed by atoms with Gasteiger partial charge in [-0.3, -0.25) is 24.1 Å². The van der Waals surface area contributed by atoms with Crippen LogP contribution in [-0.2, 0) is 14.4 Å². The number of hydrogen-bond donors (Lipinski definition) is 2. The number of aryl methyl sites for hydroxylation is 1. The van der Waals surface area contributed by atoms with E-state index >= 15 is 0 Å². The number of nitrogens with zero attached hydrogens (tertiary/aromatic N) is 1. The lowest BCUT2D eigenvalue weighted by molar-refractivity contribution is -0.123. The molecule has 1 saturated heterocycles. The first-order chi connectivity index (χ1) is 22.3. The van der Waals surface area contributed by atoms with E-state index in [1.54, 1.807) is 43.1 Å². The van der Waals surface area contributed by atoms with Gasteiger partial charge in [0.1, 0.15) is 11.5 Å². The summed E-state index contributed by atoms with van der Waals surface area (Å²) >= 11 is 2.89. The summed E-state index contributed by atoms with van der Waals surface area (Å²) < 4.78 is 11.1. The zero-order valence-electron chi connectivity index (χ0n) is 25.1. The summed E-state index contributed by atoms with van der Waals surface area (Å²) in [7, 11) is 1.58. The molecule has 3 fully saturated rings. The Kier molecular flexibility index (Phi) is 7.06. The highest BCUT2D eigenvalue weighted by Crippen LogP contribution is 2.68. The largest absolute Gasteiger partial charge is 0.497 e. The average Bonchev–Trinajstić information content (AvgIpc) is 3.80. The number of rotatable bonds is 7. The number of aromatic nitrogens is 1. The van der Waals surface area contributed by atoms with Crippen LogP contribution in [0.1, 0.15) is 28.3 Å². The number of H-pyrrole nitrogens is 1. The number of amides is 3. The third kappa shape index (κ3) is 4.67. The highest BCUT2D eigenvalue weighted by molar-refractivity contribution is 8.00. The van der Waals surface area contributed by atoms with Gasteiger partial charge in [-0.15, -0.1) is 11.8 Å². The van der Waals surface area contributed by atoms with Crippen molar-refractivity contribution in [3.05, 3.63) is 98.5 Å². The van der Waals surface area contributed by atoms with E-state index in [2.05, 4.69) is 10.3 Å². The quantitative estimate of drug-likeness (QED) is 0.255. The number of anilines is 2. The van der Waals surface area contributed by atoms with Gasteiger partial charge in [-0.25, -0.2) is 0 Å². The number of benzene rings is 3. The number of hydrogen-bond acceptors (Lipinski definition) is 8. The van der Waals surface area contributed by atoms with Crippen LogP contribution in [0.25, 0.3) is 0 Å². The molecule has 7 atom stereocenters. The number of nitrogens with one attached hydrogen (secondary N) is 2. The zero-order chi connectivity index (χ0) is 31.7. The van der Waals surface area contributed by atoms with Crippen molar-refractivity contribution < 1.29 is 23.9 Å². The first-order valence-electron chi connectivity index (χ1n) is 15.3. The van der Waals surface area contributed by atoms with E-state index in [4.69, 9.17) is 9.47 Å². The minimum absolute atomic E-state index is 0.0175. The molecule has 0 spiro atoms. The lowest BCUT2D eigenvalue weighted by Crippen LogP contribution is -2.42. The molecule has 9 nitrogen and oxygen atoms in total. The molecule has 46 heavy (non-hydrogen) atoms. The summed E-state index contributed by atoms with van der Waals surface area (Å²) in [5.74, 6) is 0.0325. The van der Waals surface area contributed by atoms with Crippen LogP contribution >= 0.6 is 23.1 Å². The number of ether oxygens (including phenoxy) is 2. The van der Waals surface area contributed by atoms with Gasteiger partial charge < -0.3 is 19.8 Å². The standard InChI is InChI=1S/C35H31N3O6S2/c1-17-3-7-19(8-4-17)36-25(39)16-44-22-11-5-18(6-12-22)26-27-23-15-24(30(27)45-32-31(26)46-35(42)37-32)29-28(23)33(40)38(34(29)41)20-9-13-21(43-2)14-10-20/h3-14,23-24,26-30H,15-16H2,1-2H3,(H,36,39)(H,37,42)/t23?,24?,26-,27?,28?,29?,30?/m1/s1. The van der Waals surface area contributed by atoms with Gasteiger partial charge in [0.05, 0.1) is 29.7 Å². The minimum Gasteiger partial charge on any atom is -0.497 e. The van der Waals surface area contributed by atoms with Crippen molar-refractivity contribution in [1.29, 1.82) is 0 Å². The summed E-state index contributed by atoms with van der Waals surface area (Å²) in [6.07, 6.45) is 0.818. The Balaban J connectivity index is 1.05. The van der Waals surface area contributed by atoms with E-state index in [-0.39, 0.29) is 70.0 Å². The molecule has 2 N–H and O–H groups in total. The van der Waals surface area contributed by atoms with Crippen LogP contribution in [0.2, 0.25) is 0 Å². The highest BCUT2D eigenvalue weighted by Gasteiger charge is 2.69. The van der Waals surface area contributed by atoms with Crippen molar-refractivity contribution in [3.8, 4) is 11.5 Å². The summed E-state index contributed by atoms with van der Waals surface area (Å²) in [4.78, 5) is 58.2. The third-order valence-corrected chi connectivity index (χ3v) is 12.6.